The number of fused-ring (bicyclic) bond motifs is 4. The second kappa shape index (κ2) is 18.1. The molecule has 0 radical (unpaired) electrons. The highest BCUT2D eigenvalue weighted by Gasteiger charge is 2.53. The highest BCUT2D eigenvalue weighted by atomic mass is 32.7. The second-order valence-corrected chi connectivity index (χ2v) is 20.8. The molecule has 2 unspecified atom stereocenters. The molecule has 0 bridgehead atoms. The standard InChI is InChI=1S/C36H44FN11O12P2S/c1-17(2)27(39)34(50)45-18(3)33(49)46-20-6-4-19(5-7-20)13-63-62(54)56-12-24-30(26(37)36(58-24)48-16-43-28-21(38)8-9-40-31(28)48)60-61(52,53)55-11-23-22(59-62)10-25(57-23)47-15-44-29-32(47)41-14-42-35(29)51/h4-9,14-18,22-27,30,36H,10-13,39H2,1-3H3,(H2,38,40)(H,45,50)(H,46,49)(H,52,53)(H,41,42,51)/t18-,22-,23+,24+,25+,26+,27-,30+,36+,62?/m0/s1. The van der Waals surface area contributed by atoms with E-state index in [2.05, 4.69) is 35.6 Å². The Morgan fingerprint density at radius 1 is 0.952 bits per heavy atom. The number of aromatic amines is 1. The van der Waals surface area contributed by atoms with Gasteiger partial charge in [0.05, 0.1) is 43.9 Å². The summed E-state index contributed by atoms with van der Waals surface area (Å²) in [5.41, 5.74) is 13.4. The van der Waals surface area contributed by atoms with Crippen LogP contribution in [0.3, 0.4) is 0 Å². The van der Waals surface area contributed by atoms with Gasteiger partial charge in [-0.05, 0) is 48.0 Å². The number of imidazole rings is 2. The van der Waals surface area contributed by atoms with Crippen LogP contribution in [0.25, 0.3) is 22.3 Å². The van der Waals surface area contributed by atoms with Crippen molar-refractivity contribution in [1.82, 2.24) is 39.4 Å². The number of phosphoric ester groups is 1. The predicted octanol–water partition coefficient (Wildman–Crippen LogP) is 3.06. The normalized spacial score (nSPS) is 30.0. The lowest BCUT2D eigenvalue weighted by Gasteiger charge is -2.28. The largest absolute Gasteiger partial charge is 0.472 e. The van der Waals surface area contributed by atoms with Crippen LogP contribution in [0.2, 0.25) is 0 Å². The molecule has 11 atom stereocenters. The third-order valence-electron chi connectivity index (χ3n) is 10.6. The minimum absolute atomic E-state index is 0.0220. The van der Waals surface area contributed by atoms with Crippen molar-refractivity contribution in [2.45, 2.75) is 88.1 Å². The van der Waals surface area contributed by atoms with Crippen molar-refractivity contribution in [3.05, 3.63) is 71.4 Å². The maximum absolute atomic E-state index is 16.5. The zero-order valence-electron chi connectivity index (χ0n) is 33.8. The molecule has 0 aliphatic carbocycles. The van der Waals surface area contributed by atoms with Gasteiger partial charge >= 0.3 is 14.6 Å². The Balaban J connectivity index is 1.03. The van der Waals surface area contributed by atoms with Gasteiger partial charge in [-0.1, -0.05) is 26.0 Å². The predicted molar refractivity (Wildman–Crippen MR) is 223 cm³/mol. The molecule has 8 rings (SSSR count). The highest BCUT2D eigenvalue weighted by Crippen LogP contribution is 2.64. The number of phosphoric acid groups is 1. The number of benzene rings is 1. The van der Waals surface area contributed by atoms with Crippen LogP contribution in [-0.4, -0.2) is 107 Å². The lowest BCUT2D eigenvalue weighted by molar-refractivity contribution is -0.127. The van der Waals surface area contributed by atoms with Gasteiger partial charge in [-0.3, -0.25) is 41.6 Å². The van der Waals surface area contributed by atoms with E-state index in [0.29, 0.717) is 11.3 Å². The lowest BCUT2D eigenvalue weighted by atomic mass is 10.0. The van der Waals surface area contributed by atoms with Crippen LogP contribution in [0.15, 0.2) is 60.3 Å². The molecule has 3 aliphatic rings. The zero-order chi connectivity index (χ0) is 44.8. The minimum atomic E-state index is -5.07. The second-order valence-electron chi connectivity index (χ2n) is 15.3. The summed E-state index contributed by atoms with van der Waals surface area (Å²) in [6.07, 6.45) is -5.04. The number of alkyl halides is 1. The highest BCUT2D eigenvalue weighted by molar-refractivity contribution is 8.54. The summed E-state index contributed by atoms with van der Waals surface area (Å²) < 4.78 is 82.9. The first-order valence-corrected chi connectivity index (χ1v) is 24.2. The van der Waals surface area contributed by atoms with Gasteiger partial charge in [-0.15, -0.1) is 0 Å². The Kier molecular flexibility index (Phi) is 12.9. The molecule has 7 heterocycles. The first-order valence-electron chi connectivity index (χ1n) is 19.6. The van der Waals surface area contributed by atoms with Gasteiger partial charge in [-0.2, -0.15) is 0 Å². The summed E-state index contributed by atoms with van der Waals surface area (Å²) in [6, 6.07) is 6.43. The van der Waals surface area contributed by atoms with E-state index in [1.165, 1.54) is 47.3 Å². The van der Waals surface area contributed by atoms with Gasteiger partial charge in [0.15, 0.2) is 29.2 Å². The number of hydrogen-bond acceptors (Lipinski definition) is 18. The molecule has 5 aromatic rings. The van der Waals surface area contributed by atoms with E-state index in [0.717, 1.165) is 11.4 Å². The van der Waals surface area contributed by atoms with Gasteiger partial charge in [0.2, 0.25) is 11.8 Å². The Morgan fingerprint density at radius 2 is 1.67 bits per heavy atom. The van der Waals surface area contributed by atoms with Crippen LogP contribution in [-0.2, 0) is 52.0 Å². The van der Waals surface area contributed by atoms with Crippen LogP contribution < -0.4 is 27.7 Å². The summed E-state index contributed by atoms with van der Waals surface area (Å²) in [5, 5.41) is 5.34. The molecule has 8 N–H and O–H groups in total. The van der Waals surface area contributed by atoms with Gasteiger partial charge < -0.3 is 41.5 Å². The fourth-order valence-electron chi connectivity index (χ4n) is 7.07. The number of hydrogen-bond donors (Lipinski definition) is 6. The summed E-state index contributed by atoms with van der Waals surface area (Å²) in [4.78, 5) is 67.8. The Bertz CT molecular complexity index is 2650. The fourth-order valence-corrected chi connectivity index (χ4v) is 11.4. The van der Waals surface area contributed by atoms with Crippen LogP contribution in [0.1, 0.15) is 45.2 Å². The minimum Gasteiger partial charge on any atom is -0.397 e. The first-order chi connectivity index (χ1) is 30.0. The van der Waals surface area contributed by atoms with Crippen molar-refractivity contribution in [3.63, 3.8) is 0 Å². The third-order valence-corrected chi connectivity index (χ3v) is 15.3. The summed E-state index contributed by atoms with van der Waals surface area (Å²) in [6.45, 7) is -0.526. The SMILES string of the molecule is CC(C)[C@H](N)C(=O)N[C@@H](C)C(=O)Nc1ccc(CSP2(=O)OC[C@H]3O[C@@H](n4cnc5c(N)ccnc54)[C@H](F)[C@@H]3OP(=O)(O)OC[C@H]3O[C@@H](n4cnc5c(=O)[nH]cnc54)C[C@@H]3O2)cc1. The van der Waals surface area contributed by atoms with E-state index in [1.54, 1.807) is 38.1 Å². The van der Waals surface area contributed by atoms with Crippen molar-refractivity contribution in [1.29, 1.82) is 0 Å². The number of anilines is 2. The number of amides is 2. The van der Waals surface area contributed by atoms with Gasteiger partial charge in [0.25, 0.3) is 5.56 Å². The quantitative estimate of drug-likeness (QED) is 0.110. The van der Waals surface area contributed by atoms with E-state index in [-0.39, 0.29) is 46.1 Å². The average Bonchev–Trinajstić information content (AvgIpc) is 4.04. The van der Waals surface area contributed by atoms with Crippen LogP contribution in [0, 0.1) is 5.92 Å². The van der Waals surface area contributed by atoms with E-state index in [9.17, 15) is 28.4 Å². The van der Waals surface area contributed by atoms with Gasteiger partial charge in [0.1, 0.15) is 42.2 Å². The zero-order valence-corrected chi connectivity index (χ0v) is 36.4. The Labute approximate surface area is 361 Å². The number of aromatic nitrogens is 7. The molecule has 23 nitrogen and oxygen atoms in total. The summed E-state index contributed by atoms with van der Waals surface area (Å²) >= 11 is 0.786. The number of carbonyl (C=O) groups excluding carboxylic acids is 2. The van der Waals surface area contributed by atoms with Gasteiger partial charge in [0, 0.05) is 24.1 Å². The summed E-state index contributed by atoms with van der Waals surface area (Å²) in [5.74, 6) is -1.03. The number of ether oxygens (including phenoxy) is 2. The molecule has 4 aromatic heterocycles. The van der Waals surface area contributed by atoms with Crippen LogP contribution in [0.4, 0.5) is 15.8 Å². The maximum atomic E-state index is 16.5. The number of H-pyrrole nitrogens is 1. The molecule has 3 fully saturated rings. The lowest BCUT2D eigenvalue weighted by Crippen LogP contribution is -2.50. The number of carbonyl (C=O) groups is 2. The molecular weight excluding hydrogens is 891 g/mol. The molecule has 2 amide bonds. The molecular formula is C36H44FN11O12P2S. The van der Waals surface area contributed by atoms with Crippen molar-refractivity contribution < 1.29 is 55.6 Å². The number of nitrogens with two attached hydrogens (primary N) is 2. The molecule has 63 heavy (non-hydrogen) atoms. The maximum Gasteiger partial charge on any atom is 0.472 e. The monoisotopic (exact) mass is 935 g/mol. The number of pyridine rings is 1. The van der Waals surface area contributed by atoms with E-state index in [1.807, 2.05) is 0 Å². The molecule has 0 saturated carbocycles. The number of nitrogens with one attached hydrogen (secondary N) is 3. The fraction of sp³-hybridized carbons (Fsp3) is 0.472. The van der Waals surface area contributed by atoms with E-state index < -0.39 is 100 Å². The Morgan fingerprint density at radius 3 is 2.43 bits per heavy atom. The molecule has 27 heteroatoms. The average molecular weight is 936 g/mol. The van der Waals surface area contributed by atoms with Crippen molar-refractivity contribution in [2.75, 3.05) is 24.3 Å². The van der Waals surface area contributed by atoms with E-state index in [4.69, 9.17) is 39.0 Å². The molecule has 338 valence electrons. The van der Waals surface area contributed by atoms with Crippen molar-refractivity contribution in [3.8, 4) is 0 Å². The number of halogens is 1. The molecule has 3 aliphatic heterocycles. The smallest absolute Gasteiger partial charge is 0.397 e. The summed E-state index contributed by atoms with van der Waals surface area (Å²) in [7, 11) is -5.07. The number of nitrogen functional groups attached to an aromatic ring is 1. The third kappa shape index (κ3) is 9.59. The molecule has 3 saturated heterocycles. The molecule has 0 spiro atoms. The Hall–Kier alpha value is -4.65. The first kappa shape index (κ1) is 44.9. The van der Waals surface area contributed by atoms with E-state index >= 15 is 4.39 Å². The number of rotatable bonds is 10. The van der Waals surface area contributed by atoms with Crippen molar-refractivity contribution >= 4 is 71.5 Å². The van der Waals surface area contributed by atoms with Crippen molar-refractivity contribution in [2.24, 2.45) is 11.7 Å². The van der Waals surface area contributed by atoms with Crippen LogP contribution in [0.5, 0.6) is 0 Å². The van der Waals surface area contributed by atoms with Gasteiger partial charge in [-0.25, -0.2) is 33.5 Å². The molecule has 1 aromatic carbocycles. The number of nitrogens with zero attached hydrogens (tertiary/aromatic N) is 6. The topological polar surface area (TPSA) is 314 Å². The van der Waals surface area contributed by atoms with Crippen LogP contribution >= 0.6 is 26.0 Å².